The van der Waals surface area contributed by atoms with Crippen LogP contribution in [-0.4, -0.2) is 17.8 Å². The highest BCUT2D eigenvalue weighted by Gasteiger charge is 2.16. The van der Waals surface area contributed by atoms with Gasteiger partial charge in [-0.2, -0.15) is 0 Å². The van der Waals surface area contributed by atoms with E-state index in [2.05, 4.69) is 5.32 Å². The molecular formula is C19H14ClNO6. The van der Waals surface area contributed by atoms with Crippen LogP contribution in [0.5, 0.6) is 23.0 Å². The number of phenolic OH excluding ortho intramolecular Hbond substituents is 1. The Hall–Kier alpha value is -3.32. The Bertz CT molecular complexity index is 1000. The molecule has 2 heterocycles. The Morgan fingerprint density at radius 1 is 1.11 bits per heavy atom. The first-order valence-electron chi connectivity index (χ1n) is 7.99. The minimum atomic E-state index is -0.512. The zero-order valence-electron chi connectivity index (χ0n) is 13.9. The van der Waals surface area contributed by atoms with Crippen molar-refractivity contribution in [1.29, 1.82) is 0 Å². The first-order valence-corrected chi connectivity index (χ1v) is 8.37. The fourth-order valence-electron chi connectivity index (χ4n) is 2.49. The highest BCUT2D eigenvalue weighted by atomic mass is 35.5. The summed E-state index contributed by atoms with van der Waals surface area (Å²) in [7, 11) is 0. The van der Waals surface area contributed by atoms with Gasteiger partial charge < -0.3 is 29.1 Å². The van der Waals surface area contributed by atoms with E-state index in [-0.39, 0.29) is 30.6 Å². The fraction of sp³-hybridized carbons (Fsp3) is 0.105. The molecular weight excluding hydrogens is 374 g/mol. The Balaban J connectivity index is 1.39. The third-order valence-electron chi connectivity index (χ3n) is 3.82. The molecule has 2 N–H and O–H groups in total. The maximum Gasteiger partial charge on any atom is 0.291 e. The number of carbonyl (C=O) groups is 1. The van der Waals surface area contributed by atoms with Crippen LogP contribution in [0.2, 0.25) is 5.02 Å². The van der Waals surface area contributed by atoms with Crippen LogP contribution in [0.1, 0.15) is 16.3 Å². The summed E-state index contributed by atoms with van der Waals surface area (Å²) in [5, 5.41) is 12.7. The Kier molecular flexibility index (Phi) is 4.52. The molecule has 1 aliphatic heterocycles. The van der Waals surface area contributed by atoms with E-state index in [0.717, 1.165) is 0 Å². The molecule has 4 rings (SSSR count). The molecule has 0 atom stereocenters. The summed E-state index contributed by atoms with van der Waals surface area (Å²) in [5.41, 5.74) is 0.196. The first kappa shape index (κ1) is 17.1. The number of nitrogens with one attached hydrogen (secondary N) is 1. The van der Waals surface area contributed by atoms with Gasteiger partial charge in [-0.1, -0.05) is 11.6 Å². The third-order valence-corrected chi connectivity index (χ3v) is 4.05. The molecule has 3 aromatic rings. The quantitative estimate of drug-likeness (QED) is 0.638. The van der Waals surface area contributed by atoms with E-state index in [4.69, 9.17) is 30.2 Å². The van der Waals surface area contributed by atoms with Crippen LogP contribution in [-0.2, 0) is 6.61 Å². The van der Waals surface area contributed by atoms with Gasteiger partial charge in [-0.3, -0.25) is 4.79 Å². The molecule has 0 bridgehead atoms. The van der Waals surface area contributed by atoms with Crippen LogP contribution in [0.4, 0.5) is 5.69 Å². The molecule has 1 aliphatic rings. The molecule has 0 spiro atoms. The molecule has 8 heteroatoms. The van der Waals surface area contributed by atoms with E-state index >= 15 is 0 Å². The van der Waals surface area contributed by atoms with Crippen LogP contribution >= 0.6 is 11.6 Å². The summed E-state index contributed by atoms with van der Waals surface area (Å²) in [4.78, 5) is 12.3. The SMILES string of the molecule is O=C(Nc1cc(Cl)ccc1O)c1ccc(COc2ccc3c(c2)OCO3)o1. The summed E-state index contributed by atoms with van der Waals surface area (Å²) in [6.07, 6.45) is 0. The van der Waals surface area contributed by atoms with Crippen molar-refractivity contribution in [3.63, 3.8) is 0 Å². The van der Waals surface area contributed by atoms with Crippen molar-refractivity contribution in [2.45, 2.75) is 6.61 Å². The van der Waals surface area contributed by atoms with Crippen molar-refractivity contribution >= 4 is 23.2 Å². The van der Waals surface area contributed by atoms with Crippen molar-refractivity contribution in [2.24, 2.45) is 0 Å². The van der Waals surface area contributed by atoms with Gasteiger partial charge in [-0.05, 0) is 42.5 Å². The number of halogens is 1. The number of ether oxygens (including phenoxy) is 3. The molecule has 0 unspecified atom stereocenters. The fourth-order valence-corrected chi connectivity index (χ4v) is 2.66. The van der Waals surface area contributed by atoms with E-state index in [1.165, 1.54) is 24.3 Å². The predicted octanol–water partition coefficient (Wildman–Crippen LogP) is 4.20. The zero-order valence-corrected chi connectivity index (χ0v) is 14.7. The van der Waals surface area contributed by atoms with E-state index in [1.54, 1.807) is 24.3 Å². The first-order chi connectivity index (χ1) is 13.1. The van der Waals surface area contributed by atoms with Crippen molar-refractivity contribution < 1.29 is 28.5 Å². The highest BCUT2D eigenvalue weighted by molar-refractivity contribution is 6.31. The maximum atomic E-state index is 12.3. The summed E-state index contributed by atoms with van der Waals surface area (Å²) in [5.74, 6) is 1.82. The minimum absolute atomic E-state index is 0.0821. The molecule has 2 aromatic carbocycles. The van der Waals surface area contributed by atoms with Crippen LogP contribution in [0.3, 0.4) is 0 Å². The monoisotopic (exact) mass is 387 g/mol. The zero-order chi connectivity index (χ0) is 18.8. The number of amides is 1. The number of rotatable bonds is 5. The van der Waals surface area contributed by atoms with Gasteiger partial charge in [0.25, 0.3) is 5.91 Å². The summed E-state index contributed by atoms with van der Waals surface area (Å²) in [6, 6.07) is 12.8. The topological polar surface area (TPSA) is 90.2 Å². The van der Waals surface area contributed by atoms with Gasteiger partial charge in [0.15, 0.2) is 17.3 Å². The van der Waals surface area contributed by atoms with Crippen LogP contribution in [0.15, 0.2) is 52.9 Å². The molecule has 1 aromatic heterocycles. The molecule has 0 radical (unpaired) electrons. The normalized spacial score (nSPS) is 12.0. The lowest BCUT2D eigenvalue weighted by Crippen LogP contribution is -2.11. The van der Waals surface area contributed by atoms with Crippen molar-refractivity contribution in [3.05, 3.63) is 65.1 Å². The molecule has 0 saturated carbocycles. The molecule has 0 fully saturated rings. The molecule has 27 heavy (non-hydrogen) atoms. The summed E-state index contributed by atoms with van der Waals surface area (Å²) in [6.45, 7) is 0.326. The maximum absolute atomic E-state index is 12.3. The number of fused-ring (bicyclic) bond motifs is 1. The Morgan fingerprint density at radius 3 is 2.85 bits per heavy atom. The van der Waals surface area contributed by atoms with Crippen LogP contribution in [0, 0.1) is 0 Å². The average molecular weight is 388 g/mol. The van der Waals surface area contributed by atoms with Crippen molar-refractivity contribution in [3.8, 4) is 23.0 Å². The van der Waals surface area contributed by atoms with Gasteiger partial charge in [-0.15, -0.1) is 0 Å². The average Bonchev–Trinajstić information content (AvgIpc) is 3.31. The van der Waals surface area contributed by atoms with E-state index in [1.807, 2.05) is 0 Å². The Labute approximate surface area is 159 Å². The summed E-state index contributed by atoms with van der Waals surface area (Å²) >= 11 is 5.87. The number of phenols is 1. The molecule has 1 amide bonds. The second kappa shape index (κ2) is 7.13. The number of furan rings is 1. The van der Waals surface area contributed by atoms with Gasteiger partial charge in [0, 0.05) is 11.1 Å². The molecule has 7 nitrogen and oxygen atoms in total. The lowest BCUT2D eigenvalue weighted by molar-refractivity contribution is 0.0992. The van der Waals surface area contributed by atoms with E-state index in [9.17, 15) is 9.90 Å². The van der Waals surface area contributed by atoms with E-state index in [0.29, 0.717) is 28.0 Å². The number of benzene rings is 2. The van der Waals surface area contributed by atoms with Gasteiger partial charge in [0.05, 0.1) is 5.69 Å². The van der Waals surface area contributed by atoms with Gasteiger partial charge in [0.1, 0.15) is 23.9 Å². The largest absolute Gasteiger partial charge is 0.506 e. The third kappa shape index (κ3) is 3.78. The lowest BCUT2D eigenvalue weighted by atomic mass is 10.3. The predicted molar refractivity (Wildman–Crippen MR) is 96.7 cm³/mol. The minimum Gasteiger partial charge on any atom is -0.506 e. The van der Waals surface area contributed by atoms with Crippen LogP contribution in [0.25, 0.3) is 0 Å². The standard InChI is InChI=1S/C19H14ClNO6/c20-11-1-4-15(22)14(7-11)21-19(23)17-6-3-13(27-17)9-24-12-2-5-16-18(8-12)26-10-25-16/h1-8,22H,9-10H2,(H,21,23). The van der Waals surface area contributed by atoms with Crippen molar-refractivity contribution in [2.75, 3.05) is 12.1 Å². The van der Waals surface area contributed by atoms with Gasteiger partial charge >= 0.3 is 0 Å². The number of hydrogen-bond donors (Lipinski definition) is 2. The Morgan fingerprint density at radius 2 is 1.96 bits per heavy atom. The lowest BCUT2D eigenvalue weighted by Gasteiger charge is -2.06. The molecule has 0 aliphatic carbocycles. The smallest absolute Gasteiger partial charge is 0.291 e. The number of hydrogen-bond acceptors (Lipinski definition) is 6. The second-order valence-corrected chi connectivity index (χ2v) is 6.12. The second-order valence-electron chi connectivity index (χ2n) is 5.69. The van der Waals surface area contributed by atoms with Gasteiger partial charge in [0.2, 0.25) is 6.79 Å². The summed E-state index contributed by atoms with van der Waals surface area (Å²) < 4.78 is 21.7. The number of anilines is 1. The van der Waals surface area contributed by atoms with Gasteiger partial charge in [-0.25, -0.2) is 0 Å². The highest BCUT2D eigenvalue weighted by Crippen LogP contribution is 2.35. The van der Waals surface area contributed by atoms with E-state index < -0.39 is 5.91 Å². The molecule has 0 saturated heterocycles. The molecule has 138 valence electrons. The number of carbonyl (C=O) groups excluding carboxylic acids is 1. The number of aromatic hydroxyl groups is 1. The van der Waals surface area contributed by atoms with Crippen molar-refractivity contribution in [1.82, 2.24) is 0 Å². The van der Waals surface area contributed by atoms with Crippen LogP contribution < -0.4 is 19.5 Å².